The summed E-state index contributed by atoms with van der Waals surface area (Å²) in [4.78, 5) is 22.8. The quantitative estimate of drug-likeness (QED) is 0.761. The molecule has 6 heteroatoms. The number of halogens is 1. The molecule has 0 aliphatic rings. The molecule has 3 N–H and O–H groups in total. The number of carbonyl (C=O) groups is 1. The number of fused-ring (bicyclic) bond motifs is 1. The van der Waals surface area contributed by atoms with Crippen LogP contribution in [0.15, 0.2) is 41.1 Å². The molecule has 1 amide bonds. The van der Waals surface area contributed by atoms with Gasteiger partial charge < -0.3 is 10.7 Å². The summed E-state index contributed by atoms with van der Waals surface area (Å²) in [5, 5.41) is 0. The Labute approximate surface area is 117 Å². The van der Waals surface area contributed by atoms with Crippen molar-refractivity contribution in [1.29, 1.82) is 0 Å². The van der Waals surface area contributed by atoms with Gasteiger partial charge in [0, 0.05) is 28.0 Å². The summed E-state index contributed by atoms with van der Waals surface area (Å²) in [6.07, 6.45) is 3.43. The minimum atomic E-state index is -0.456. The van der Waals surface area contributed by atoms with E-state index in [1.807, 2.05) is 6.07 Å². The van der Waals surface area contributed by atoms with Gasteiger partial charge in [0.1, 0.15) is 5.82 Å². The maximum atomic E-state index is 11.1. The number of hydrogen-bond donors (Lipinski definition) is 2. The summed E-state index contributed by atoms with van der Waals surface area (Å²) >= 11 is 3.37. The van der Waals surface area contributed by atoms with Crippen LogP contribution < -0.4 is 5.73 Å². The Morgan fingerprint density at radius 2 is 2.11 bits per heavy atom. The second-order valence-electron chi connectivity index (χ2n) is 4.07. The third-order valence-electron chi connectivity index (χ3n) is 2.74. The standard InChI is InChI=1S/C13H9BrN4O/c14-9-3-8(5-16-6-9)13-17-10-2-1-7(12(15)19)4-11(10)18-13/h1-6H,(H2,15,19)(H,17,18). The highest BCUT2D eigenvalue weighted by atomic mass is 79.9. The van der Waals surface area contributed by atoms with E-state index in [2.05, 4.69) is 30.9 Å². The number of rotatable bonds is 2. The van der Waals surface area contributed by atoms with Crippen molar-refractivity contribution < 1.29 is 4.79 Å². The van der Waals surface area contributed by atoms with Crippen molar-refractivity contribution >= 4 is 32.9 Å². The monoisotopic (exact) mass is 316 g/mol. The number of primary amides is 1. The zero-order valence-electron chi connectivity index (χ0n) is 9.72. The number of benzene rings is 1. The molecular formula is C13H9BrN4O. The smallest absolute Gasteiger partial charge is 0.248 e. The number of H-pyrrole nitrogens is 1. The molecule has 0 saturated heterocycles. The molecule has 2 aromatic heterocycles. The molecule has 0 atom stereocenters. The largest absolute Gasteiger partial charge is 0.366 e. The number of nitrogens with one attached hydrogen (secondary N) is 1. The Morgan fingerprint density at radius 3 is 2.84 bits per heavy atom. The first kappa shape index (κ1) is 11.9. The first-order valence-electron chi connectivity index (χ1n) is 5.54. The topological polar surface area (TPSA) is 84.7 Å². The molecule has 0 spiro atoms. The zero-order chi connectivity index (χ0) is 13.4. The predicted octanol–water partition coefficient (Wildman–Crippen LogP) is 2.49. The molecule has 0 unspecified atom stereocenters. The molecule has 3 rings (SSSR count). The number of nitrogens with two attached hydrogens (primary N) is 1. The molecule has 0 fully saturated rings. The number of imidazole rings is 1. The van der Waals surface area contributed by atoms with Crippen LogP contribution in [0.5, 0.6) is 0 Å². The summed E-state index contributed by atoms with van der Waals surface area (Å²) in [7, 11) is 0. The number of hydrogen-bond acceptors (Lipinski definition) is 3. The molecule has 0 radical (unpaired) electrons. The maximum absolute atomic E-state index is 11.1. The van der Waals surface area contributed by atoms with Crippen LogP contribution >= 0.6 is 15.9 Å². The molecule has 1 aromatic carbocycles. The Hall–Kier alpha value is -2.21. The van der Waals surface area contributed by atoms with E-state index < -0.39 is 5.91 Å². The molecule has 2 heterocycles. The molecule has 0 aliphatic heterocycles. The van der Waals surface area contributed by atoms with Gasteiger partial charge in [0.2, 0.25) is 5.91 Å². The van der Waals surface area contributed by atoms with E-state index >= 15 is 0 Å². The lowest BCUT2D eigenvalue weighted by molar-refractivity contribution is 0.100. The van der Waals surface area contributed by atoms with Gasteiger partial charge in [-0.1, -0.05) is 0 Å². The van der Waals surface area contributed by atoms with Gasteiger partial charge in [0.25, 0.3) is 0 Å². The third kappa shape index (κ3) is 2.22. The van der Waals surface area contributed by atoms with E-state index in [0.29, 0.717) is 11.4 Å². The predicted molar refractivity (Wildman–Crippen MR) is 75.5 cm³/mol. The van der Waals surface area contributed by atoms with E-state index in [9.17, 15) is 4.79 Å². The highest BCUT2D eigenvalue weighted by Gasteiger charge is 2.08. The number of aromatic amines is 1. The van der Waals surface area contributed by atoms with Crippen LogP contribution in [-0.2, 0) is 0 Å². The molecule has 0 saturated carbocycles. The molecule has 0 aliphatic carbocycles. The Kier molecular flexibility index (Phi) is 2.79. The minimum Gasteiger partial charge on any atom is -0.366 e. The summed E-state index contributed by atoms with van der Waals surface area (Å²) in [5.41, 5.74) is 8.12. The Morgan fingerprint density at radius 1 is 1.26 bits per heavy atom. The lowest BCUT2D eigenvalue weighted by Gasteiger charge is -1.95. The van der Waals surface area contributed by atoms with Crippen molar-refractivity contribution in [2.45, 2.75) is 0 Å². The number of carbonyl (C=O) groups excluding carboxylic acids is 1. The molecular weight excluding hydrogens is 308 g/mol. The SMILES string of the molecule is NC(=O)c1ccc2nc(-c3cncc(Br)c3)[nH]c2c1. The number of aromatic nitrogens is 3. The van der Waals surface area contributed by atoms with Gasteiger partial charge in [-0.3, -0.25) is 9.78 Å². The number of amides is 1. The van der Waals surface area contributed by atoms with Gasteiger partial charge >= 0.3 is 0 Å². The second kappa shape index (κ2) is 4.47. The lowest BCUT2D eigenvalue weighted by Crippen LogP contribution is -2.10. The van der Waals surface area contributed by atoms with Crippen LogP contribution in [0.4, 0.5) is 0 Å². The molecule has 0 bridgehead atoms. The number of nitrogens with zero attached hydrogens (tertiary/aromatic N) is 2. The second-order valence-corrected chi connectivity index (χ2v) is 4.99. The fraction of sp³-hybridized carbons (Fsp3) is 0. The van der Waals surface area contributed by atoms with Crippen molar-refractivity contribution in [3.05, 3.63) is 46.7 Å². The summed E-state index contributed by atoms with van der Waals surface area (Å²) in [6, 6.07) is 7.04. The zero-order valence-corrected chi connectivity index (χ0v) is 11.3. The van der Waals surface area contributed by atoms with Gasteiger partial charge in [0.15, 0.2) is 0 Å². The van der Waals surface area contributed by atoms with Crippen LogP contribution in [0.25, 0.3) is 22.4 Å². The van der Waals surface area contributed by atoms with Crippen LogP contribution in [0.3, 0.4) is 0 Å². The fourth-order valence-corrected chi connectivity index (χ4v) is 2.21. The van der Waals surface area contributed by atoms with Gasteiger partial charge in [-0.05, 0) is 40.2 Å². The first-order valence-corrected chi connectivity index (χ1v) is 6.33. The van der Waals surface area contributed by atoms with Crippen LogP contribution in [0.1, 0.15) is 10.4 Å². The van der Waals surface area contributed by atoms with Crippen molar-refractivity contribution in [3.63, 3.8) is 0 Å². The van der Waals surface area contributed by atoms with Crippen LogP contribution in [0, 0.1) is 0 Å². The summed E-state index contributed by atoms with van der Waals surface area (Å²) in [5.74, 6) is 0.243. The third-order valence-corrected chi connectivity index (χ3v) is 3.18. The summed E-state index contributed by atoms with van der Waals surface area (Å²) in [6.45, 7) is 0. The van der Waals surface area contributed by atoms with E-state index in [4.69, 9.17) is 5.73 Å². The number of pyridine rings is 1. The van der Waals surface area contributed by atoms with E-state index in [1.165, 1.54) is 0 Å². The first-order chi connectivity index (χ1) is 9.13. The van der Waals surface area contributed by atoms with Crippen LogP contribution in [0.2, 0.25) is 0 Å². The highest BCUT2D eigenvalue weighted by Crippen LogP contribution is 2.22. The van der Waals surface area contributed by atoms with Gasteiger partial charge in [-0.15, -0.1) is 0 Å². The molecule has 94 valence electrons. The minimum absolute atomic E-state index is 0.454. The van der Waals surface area contributed by atoms with Gasteiger partial charge in [0.05, 0.1) is 11.0 Å². The normalized spacial score (nSPS) is 10.8. The fourth-order valence-electron chi connectivity index (χ4n) is 1.84. The van der Waals surface area contributed by atoms with Crippen molar-refractivity contribution in [2.75, 3.05) is 0 Å². The van der Waals surface area contributed by atoms with Crippen molar-refractivity contribution in [2.24, 2.45) is 5.73 Å². The average Bonchev–Trinajstić information content (AvgIpc) is 2.81. The molecule has 3 aromatic rings. The highest BCUT2D eigenvalue weighted by molar-refractivity contribution is 9.10. The van der Waals surface area contributed by atoms with Gasteiger partial charge in [-0.25, -0.2) is 4.98 Å². The molecule has 19 heavy (non-hydrogen) atoms. The average molecular weight is 317 g/mol. The summed E-state index contributed by atoms with van der Waals surface area (Å²) < 4.78 is 0.878. The lowest BCUT2D eigenvalue weighted by atomic mass is 10.2. The van der Waals surface area contributed by atoms with Crippen molar-refractivity contribution in [3.8, 4) is 11.4 Å². The van der Waals surface area contributed by atoms with E-state index in [0.717, 1.165) is 21.1 Å². The Balaban J connectivity index is 2.14. The maximum Gasteiger partial charge on any atom is 0.248 e. The van der Waals surface area contributed by atoms with Crippen LogP contribution in [-0.4, -0.2) is 20.9 Å². The van der Waals surface area contributed by atoms with E-state index in [-0.39, 0.29) is 0 Å². The van der Waals surface area contributed by atoms with E-state index in [1.54, 1.807) is 30.6 Å². The molecule has 5 nitrogen and oxygen atoms in total. The van der Waals surface area contributed by atoms with Crippen molar-refractivity contribution in [1.82, 2.24) is 15.0 Å². The van der Waals surface area contributed by atoms with Gasteiger partial charge in [-0.2, -0.15) is 0 Å². The Bertz CT molecular complexity index is 781.